The quantitative estimate of drug-likeness (QED) is 0.644. The van der Waals surface area contributed by atoms with Gasteiger partial charge in [-0.1, -0.05) is 37.6 Å². The Morgan fingerprint density at radius 2 is 1.59 bits per heavy atom. The van der Waals surface area contributed by atoms with E-state index in [9.17, 15) is 9.59 Å². The van der Waals surface area contributed by atoms with Crippen LogP contribution in [0.25, 0.3) is 5.57 Å². The SMILES string of the molecule is Cc1ccc(C2=C(Nc3ccc(N4CCCCC4)cc3)C(=O)N(CC(C)C)C2=O)c(C)c1. The summed E-state index contributed by atoms with van der Waals surface area (Å²) in [6, 6.07) is 14.2. The second-order valence-corrected chi connectivity index (χ2v) is 9.40. The third-order valence-corrected chi connectivity index (χ3v) is 6.22. The lowest BCUT2D eigenvalue weighted by Gasteiger charge is -2.28. The van der Waals surface area contributed by atoms with Crippen LogP contribution < -0.4 is 10.2 Å². The molecule has 2 aliphatic heterocycles. The van der Waals surface area contributed by atoms with E-state index in [-0.39, 0.29) is 17.7 Å². The first kappa shape index (κ1) is 22.1. The monoisotopic (exact) mass is 431 g/mol. The Labute approximate surface area is 191 Å². The second-order valence-electron chi connectivity index (χ2n) is 9.40. The number of imide groups is 1. The molecule has 0 saturated carbocycles. The molecule has 0 spiro atoms. The first-order valence-electron chi connectivity index (χ1n) is 11.7. The molecule has 1 fully saturated rings. The Morgan fingerprint density at radius 1 is 0.906 bits per heavy atom. The van der Waals surface area contributed by atoms with Crippen molar-refractivity contribution in [3.63, 3.8) is 0 Å². The molecule has 2 amide bonds. The predicted octanol–water partition coefficient (Wildman–Crippen LogP) is 5.14. The van der Waals surface area contributed by atoms with Crippen molar-refractivity contribution in [1.82, 2.24) is 4.90 Å². The minimum Gasteiger partial charge on any atom is -0.372 e. The van der Waals surface area contributed by atoms with Crippen LogP contribution in [0.15, 0.2) is 48.2 Å². The fourth-order valence-corrected chi connectivity index (χ4v) is 4.62. The normalized spacial score (nSPS) is 17.0. The maximum absolute atomic E-state index is 13.4. The number of nitrogens with one attached hydrogen (secondary N) is 1. The molecule has 1 saturated heterocycles. The van der Waals surface area contributed by atoms with Gasteiger partial charge in [-0.2, -0.15) is 0 Å². The summed E-state index contributed by atoms with van der Waals surface area (Å²) >= 11 is 0. The van der Waals surface area contributed by atoms with Crippen molar-refractivity contribution in [3.8, 4) is 0 Å². The van der Waals surface area contributed by atoms with Gasteiger partial charge in [-0.15, -0.1) is 0 Å². The number of benzene rings is 2. The van der Waals surface area contributed by atoms with Gasteiger partial charge in [0.1, 0.15) is 5.70 Å². The second kappa shape index (κ2) is 9.19. The van der Waals surface area contributed by atoms with Crippen LogP contribution in [0.5, 0.6) is 0 Å². The van der Waals surface area contributed by atoms with Gasteiger partial charge >= 0.3 is 0 Å². The Kier molecular flexibility index (Phi) is 6.35. The molecule has 2 aromatic carbocycles. The van der Waals surface area contributed by atoms with Gasteiger partial charge in [0.2, 0.25) is 0 Å². The maximum Gasteiger partial charge on any atom is 0.278 e. The Balaban J connectivity index is 1.68. The molecule has 0 radical (unpaired) electrons. The molecule has 0 atom stereocenters. The van der Waals surface area contributed by atoms with Gasteiger partial charge in [0, 0.05) is 31.0 Å². The minimum atomic E-state index is -0.251. The number of hydrogen-bond acceptors (Lipinski definition) is 4. The van der Waals surface area contributed by atoms with Crippen LogP contribution in [-0.4, -0.2) is 36.3 Å². The highest BCUT2D eigenvalue weighted by Gasteiger charge is 2.39. The summed E-state index contributed by atoms with van der Waals surface area (Å²) < 4.78 is 0. The molecule has 5 nitrogen and oxygen atoms in total. The molecule has 5 heteroatoms. The lowest BCUT2D eigenvalue weighted by Crippen LogP contribution is -2.35. The molecule has 0 aromatic heterocycles. The molecule has 2 aromatic rings. The van der Waals surface area contributed by atoms with Crippen molar-refractivity contribution in [3.05, 3.63) is 64.9 Å². The number of amides is 2. The van der Waals surface area contributed by atoms with Crippen LogP contribution in [0.4, 0.5) is 11.4 Å². The highest BCUT2D eigenvalue weighted by atomic mass is 16.2. The molecule has 0 unspecified atom stereocenters. The van der Waals surface area contributed by atoms with E-state index in [1.54, 1.807) is 0 Å². The fourth-order valence-electron chi connectivity index (χ4n) is 4.62. The number of piperidine rings is 1. The van der Waals surface area contributed by atoms with Crippen LogP contribution in [0.3, 0.4) is 0 Å². The van der Waals surface area contributed by atoms with Crippen LogP contribution in [0.2, 0.25) is 0 Å². The van der Waals surface area contributed by atoms with Gasteiger partial charge in [-0.05, 0) is 74.4 Å². The van der Waals surface area contributed by atoms with Crippen molar-refractivity contribution in [2.45, 2.75) is 47.0 Å². The number of hydrogen-bond donors (Lipinski definition) is 1. The molecule has 2 heterocycles. The van der Waals surface area contributed by atoms with Crippen molar-refractivity contribution >= 4 is 28.8 Å². The predicted molar refractivity (Wildman–Crippen MR) is 131 cm³/mol. The third-order valence-electron chi connectivity index (χ3n) is 6.22. The molecule has 4 rings (SSSR count). The summed E-state index contributed by atoms with van der Waals surface area (Å²) in [5.41, 5.74) is 5.79. The number of nitrogens with zero attached hydrogens (tertiary/aromatic N) is 2. The van der Waals surface area contributed by atoms with Crippen LogP contribution in [0.1, 0.15) is 49.8 Å². The van der Waals surface area contributed by atoms with Gasteiger partial charge in [0.05, 0.1) is 5.57 Å². The third kappa shape index (κ3) is 4.43. The summed E-state index contributed by atoms with van der Waals surface area (Å²) in [6.45, 7) is 10.6. The standard InChI is InChI=1S/C27H33N3O2/c1-18(2)17-30-26(31)24(23-13-8-19(3)16-20(23)4)25(27(30)32)28-21-9-11-22(12-10-21)29-14-6-5-7-15-29/h8-13,16,18,28H,5-7,14-15,17H2,1-4H3. The first-order chi connectivity index (χ1) is 15.3. The molecule has 1 N–H and O–H groups in total. The van der Waals surface area contributed by atoms with E-state index in [0.717, 1.165) is 35.5 Å². The van der Waals surface area contributed by atoms with Gasteiger partial charge < -0.3 is 10.2 Å². The Morgan fingerprint density at radius 3 is 2.22 bits per heavy atom. The summed E-state index contributed by atoms with van der Waals surface area (Å²) in [5.74, 6) is -0.270. The number of rotatable bonds is 6. The molecule has 168 valence electrons. The summed E-state index contributed by atoms with van der Waals surface area (Å²) in [5, 5.41) is 3.29. The molecule has 0 aliphatic carbocycles. The van der Waals surface area contributed by atoms with Crippen molar-refractivity contribution < 1.29 is 9.59 Å². The lowest BCUT2D eigenvalue weighted by molar-refractivity contribution is -0.137. The zero-order chi connectivity index (χ0) is 22.8. The van der Waals surface area contributed by atoms with E-state index in [1.807, 2.05) is 52.0 Å². The molecule has 2 aliphatic rings. The number of carbonyl (C=O) groups excluding carboxylic acids is 2. The molecule has 32 heavy (non-hydrogen) atoms. The molecular weight excluding hydrogens is 398 g/mol. The van der Waals surface area contributed by atoms with E-state index in [0.29, 0.717) is 17.8 Å². The average Bonchev–Trinajstić information content (AvgIpc) is 2.99. The highest BCUT2D eigenvalue weighted by molar-refractivity contribution is 6.36. The van der Waals surface area contributed by atoms with E-state index >= 15 is 0 Å². The number of carbonyl (C=O) groups is 2. The smallest absolute Gasteiger partial charge is 0.278 e. The average molecular weight is 432 g/mol. The van der Waals surface area contributed by atoms with E-state index in [1.165, 1.54) is 29.8 Å². The topological polar surface area (TPSA) is 52.7 Å². The van der Waals surface area contributed by atoms with Crippen LogP contribution in [0, 0.1) is 19.8 Å². The van der Waals surface area contributed by atoms with E-state index in [2.05, 4.69) is 28.4 Å². The zero-order valence-corrected chi connectivity index (χ0v) is 19.6. The Hall–Kier alpha value is -3.08. The number of anilines is 2. The summed E-state index contributed by atoms with van der Waals surface area (Å²) in [4.78, 5) is 30.4. The molecule has 0 bridgehead atoms. The Bertz CT molecular complexity index is 1050. The molecular formula is C27H33N3O2. The summed E-state index contributed by atoms with van der Waals surface area (Å²) in [7, 11) is 0. The number of aryl methyl sites for hydroxylation is 2. The highest BCUT2D eigenvalue weighted by Crippen LogP contribution is 2.33. The first-order valence-corrected chi connectivity index (χ1v) is 11.7. The van der Waals surface area contributed by atoms with Gasteiger partial charge in [0.15, 0.2) is 0 Å². The van der Waals surface area contributed by atoms with Crippen LogP contribution >= 0.6 is 0 Å². The van der Waals surface area contributed by atoms with Gasteiger partial charge in [0.25, 0.3) is 11.8 Å². The minimum absolute atomic E-state index is 0.200. The maximum atomic E-state index is 13.4. The van der Waals surface area contributed by atoms with Gasteiger partial charge in [-0.25, -0.2) is 0 Å². The fraction of sp³-hybridized carbons (Fsp3) is 0.407. The largest absolute Gasteiger partial charge is 0.372 e. The van der Waals surface area contributed by atoms with Crippen molar-refractivity contribution in [1.29, 1.82) is 0 Å². The van der Waals surface area contributed by atoms with E-state index in [4.69, 9.17) is 0 Å². The van der Waals surface area contributed by atoms with Crippen molar-refractivity contribution in [2.75, 3.05) is 29.9 Å². The van der Waals surface area contributed by atoms with Crippen molar-refractivity contribution in [2.24, 2.45) is 5.92 Å². The summed E-state index contributed by atoms with van der Waals surface area (Å²) in [6.07, 6.45) is 3.76. The lowest BCUT2D eigenvalue weighted by atomic mass is 9.97. The van der Waals surface area contributed by atoms with Crippen LogP contribution in [-0.2, 0) is 9.59 Å². The van der Waals surface area contributed by atoms with E-state index < -0.39 is 0 Å². The zero-order valence-electron chi connectivity index (χ0n) is 19.6. The van der Waals surface area contributed by atoms with Gasteiger partial charge in [-0.3, -0.25) is 14.5 Å².